The average molecular weight is 235 g/mol. The van der Waals surface area contributed by atoms with Crippen LogP contribution in [0.1, 0.15) is 28.8 Å². The van der Waals surface area contributed by atoms with Crippen molar-refractivity contribution < 1.29 is 14.3 Å². The van der Waals surface area contributed by atoms with E-state index in [9.17, 15) is 4.79 Å². The number of carbonyl (C=O) groups is 1. The molecule has 0 radical (unpaired) electrons. The molecule has 1 aliphatic rings. The Morgan fingerprint density at radius 2 is 2.18 bits per heavy atom. The summed E-state index contributed by atoms with van der Waals surface area (Å²) in [6, 6.07) is 5.32. The van der Waals surface area contributed by atoms with Gasteiger partial charge in [-0.05, 0) is 43.5 Å². The van der Waals surface area contributed by atoms with Gasteiger partial charge in [-0.2, -0.15) is 0 Å². The van der Waals surface area contributed by atoms with Gasteiger partial charge in [-0.15, -0.1) is 0 Å². The highest BCUT2D eigenvalue weighted by Gasteiger charge is 2.39. The number of carbonyl (C=O) groups excluding carboxylic acids is 1. The van der Waals surface area contributed by atoms with E-state index < -0.39 is 0 Å². The largest absolute Gasteiger partial charge is 0.492 e. The molecule has 0 unspecified atom stereocenters. The van der Waals surface area contributed by atoms with Gasteiger partial charge in [0.05, 0.1) is 18.2 Å². The van der Waals surface area contributed by atoms with Crippen LogP contribution >= 0.6 is 0 Å². The molecule has 92 valence electrons. The predicted octanol–water partition coefficient (Wildman–Crippen LogP) is 1.65. The smallest absolute Gasteiger partial charge is 0.338 e. The Bertz CT molecular complexity index is 438. The second-order valence-corrected chi connectivity index (χ2v) is 4.62. The van der Waals surface area contributed by atoms with Crippen molar-refractivity contribution in [3.05, 3.63) is 29.3 Å². The zero-order valence-corrected chi connectivity index (χ0v) is 10.2. The van der Waals surface area contributed by atoms with Gasteiger partial charge in [-0.1, -0.05) is 0 Å². The number of esters is 1. The lowest BCUT2D eigenvalue weighted by Gasteiger charge is -2.12. The lowest BCUT2D eigenvalue weighted by Crippen LogP contribution is -2.29. The Balaban J connectivity index is 2.05. The minimum absolute atomic E-state index is 0.130. The highest BCUT2D eigenvalue weighted by Crippen LogP contribution is 2.32. The maximum Gasteiger partial charge on any atom is 0.338 e. The van der Waals surface area contributed by atoms with Gasteiger partial charge >= 0.3 is 5.97 Å². The van der Waals surface area contributed by atoms with Crippen LogP contribution in [0.15, 0.2) is 18.2 Å². The molecule has 0 amide bonds. The maximum absolute atomic E-state index is 11.4. The van der Waals surface area contributed by atoms with E-state index in [1.165, 1.54) is 7.11 Å². The number of hydrogen-bond acceptors (Lipinski definition) is 4. The Morgan fingerprint density at radius 1 is 1.47 bits per heavy atom. The molecule has 0 atom stereocenters. The Kier molecular flexibility index (Phi) is 3.07. The zero-order valence-electron chi connectivity index (χ0n) is 10.2. The van der Waals surface area contributed by atoms with E-state index in [1.807, 2.05) is 13.0 Å². The van der Waals surface area contributed by atoms with Crippen LogP contribution in [0, 0.1) is 6.92 Å². The maximum atomic E-state index is 11.4. The molecule has 2 N–H and O–H groups in total. The third kappa shape index (κ3) is 2.77. The summed E-state index contributed by atoms with van der Waals surface area (Å²) in [5.74, 6) is 0.415. The average Bonchev–Trinajstić information content (AvgIpc) is 3.05. The molecule has 1 aliphatic carbocycles. The molecule has 17 heavy (non-hydrogen) atoms. The van der Waals surface area contributed by atoms with Crippen molar-refractivity contribution in [2.24, 2.45) is 5.73 Å². The number of rotatable bonds is 4. The van der Waals surface area contributed by atoms with Crippen molar-refractivity contribution in [3.8, 4) is 5.75 Å². The quantitative estimate of drug-likeness (QED) is 0.806. The first-order chi connectivity index (χ1) is 8.04. The highest BCUT2D eigenvalue weighted by molar-refractivity contribution is 5.91. The van der Waals surface area contributed by atoms with E-state index in [0.717, 1.165) is 24.2 Å². The van der Waals surface area contributed by atoms with Crippen LogP contribution < -0.4 is 10.5 Å². The molecule has 0 spiro atoms. The van der Waals surface area contributed by atoms with E-state index in [0.29, 0.717) is 12.2 Å². The summed E-state index contributed by atoms with van der Waals surface area (Å²) in [5.41, 5.74) is 7.21. The molecule has 1 fully saturated rings. The van der Waals surface area contributed by atoms with Crippen LogP contribution in [0.2, 0.25) is 0 Å². The van der Waals surface area contributed by atoms with Crippen molar-refractivity contribution in [2.75, 3.05) is 13.7 Å². The van der Waals surface area contributed by atoms with Crippen molar-refractivity contribution in [1.29, 1.82) is 0 Å². The van der Waals surface area contributed by atoms with Gasteiger partial charge in [0.15, 0.2) is 0 Å². The number of methoxy groups -OCH3 is 1. The normalized spacial score (nSPS) is 16.4. The Hall–Kier alpha value is -1.55. The monoisotopic (exact) mass is 235 g/mol. The summed E-state index contributed by atoms with van der Waals surface area (Å²) in [6.07, 6.45) is 2.04. The van der Waals surface area contributed by atoms with Crippen LogP contribution in [0.5, 0.6) is 5.75 Å². The first-order valence-electron chi connectivity index (χ1n) is 5.65. The number of aryl methyl sites for hydroxylation is 1. The number of nitrogens with two attached hydrogens (primary N) is 1. The molecule has 1 saturated carbocycles. The summed E-state index contributed by atoms with van der Waals surface area (Å²) in [7, 11) is 1.37. The van der Waals surface area contributed by atoms with Gasteiger partial charge < -0.3 is 15.2 Å². The Labute approximate surface area is 101 Å². The minimum atomic E-state index is -0.327. The second-order valence-electron chi connectivity index (χ2n) is 4.62. The number of hydrogen-bond donors (Lipinski definition) is 1. The zero-order chi connectivity index (χ0) is 12.5. The summed E-state index contributed by atoms with van der Waals surface area (Å²) < 4.78 is 10.3. The highest BCUT2D eigenvalue weighted by atomic mass is 16.5. The molecule has 2 rings (SSSR count). The third-order valence-corrected chi connectivity index (χ3v) is 3.02. The Morgan fingerprint density at radius 3 is 2.71 bits per heavy atom. The van der Waals surface area contributed by atoms with Gasteiger partial charge in [0.25, 0.3) is 0 Å². The van der Waals surface area contributed by atoms with E-state index in [1.54, 1.807) is 12.1 Å². The topological polar surface area (TPSA) is 61.5 Å². The first-order valence-corrected chi connectivity index (χ1v) is 5.65. The van der Waals surface area contributed by atoms with Crippen molar-refractivity contribution in [1.82, 2.24) is 0 Å². The molecule has 4 heteroatoms. The number of benzene rings is 1. The first kappa shape index (κ1) is 11.9. The van der Waals surface area contributed by atoms with E-state index in [2.05, 4.69) is 4.74 Å². The van der Waals surface area contributed by atoms with Crippen LogP contribution in [0.4, 0.5) is 0 Å². The fourth-order valence-electron chi connectivity index (χ4n) is 1.60. The fraction of sp³-hybridized carbons (Fsp3) is 0.462. The molecule has 0 saturated heterocycles. The standard InChI is InChI=1S/C13H17NO3/c1-9-7-10(17-8-13(14)5-6-13)3-4-11(9)12(15)16-2/h3-4,7H,5-6,8,14H2,1-2H3. The summed E-state index contributed by atoms with van der Waals surface area (Å²) in [5, 5.41) is 0. The van der Waals surface area contributed by atoms with Gasteiger partial charge in [0.2, 0.25) is 0 Å². The summed E-state index contributed by atoms with van der Waals surface area (Å²) in [4.78, 5) is 11.4. The van der Waals surface area contributed by atoms with E-state index in [4.69, 9.17) is 10.5 Å². The van der Waals surface area contributed by atoms with Crippen molar-refractivity contribution >= 4 is 5.97 Å². The van der Waals surface area contributed by atoms with Crippen LogP contribution in [-0.4, -0.2) is 25.2 Å². The van der Waals surface area contributed by atoms with Crippen molar-refractivity contribution in [3.63, 3.8) is 0 Å². The fourth-order valence-corrected chi connectivity index (χ4v) is 1.60. The third-order valence-electron chi connectivity index (χ3n) is 3.02. The minimum Gasteiger partial charge on any atom is -0.492 e. The van der Waals surface area contributed by atoms with Gasteiger partial charge in [-0.25, -0.2) is 4.79 Å². The molecule has 0 bridgehead atoms. The van der Waals surface area contributed by atoms with Crippen LogP contribution in [0.25, 0.3) is 0 Å². The van der Waals surface area contributed by atoms with Gasteiger partial charge in [0.1, 0.15) is 12.4 Å². The van der Waals surface area contributed by atoms with E-state index >= 15 is 0 Å². The predicted molar refractivity (Wildman–Crippen MR) is 64.2 cm³/mol. The lowest BCUT2D eigenvalue weighted by atomic mass is 10.1. The lowest BCUT2D eigenvalue weighted by molar-refractivity contribution is 0.0600. The molecule has 1 aromatic rings. The van der Waals surface area contributed by atoms with Crippen LogP contribution in [-0.2, 0) is 4.74 Å². The molecular formula is C13H17NO3. The van der Waals surface area contributed by atoms with E-state index in [-0.39, 0.29) is 11.5 Å². The van der Waals surface area contributed by atoms with Crippen molar-refractivity contribution in [2.45, 2.75) is 25.3 Å². The second kappa shape index (κ2) is 4.37. The summed E-state index contributed by atoms with van der Waals surface area (Å²) in [6.45, 7) is 2.39. The molecule has 1 aromatic carbocycles. The molecule has 4 nitrogen and oxygen atoms in total. The SMILES string of the molecule is COC(=O)c1ccc(OCC2(N)CC2)cc1C. The molecule has 0 aliphatic heterocycles. The molecule has 0 heterocycles. The number of ether oxygens (including phenoxy) is 2. The van der Waals surface area contributed by atoms with Gasteiger partial charge in [0, 0.05) is 0 Å². The van der Waals surface area contributed by atoms with Crippen LogP contribution in [0.3, 0.4) is 0 Å². The molecule has 0 aromatic heterocycles. The molecular weight excluding hydrogens is 218 g/mol. The summed E-state index contributed by atoms with van der Waals surface area (Å²) >= 11 is 0. The van der Waals surface area contributed by atoms with Gasteiger partial charge in [-0.3, -0.25) is 0 Å².